The van der Waals surface area contributed by atoms with Crippen LogP contribution in [0.4, 0.5) is 0 Å². The Hall–Kier alpha value is -2.54. The minimum Gasteiger partial charge on any atom is -0.375 e. The summed E-state index contributed by atoms with van der Waals surface area (Å²) in [6, 6.07) is 6.67. The van der Waals surface area contributed by atoms with Gasteiger partial charge in [-0.05, 0) is 54.8 Å². The van der Waals surface area contributed by atoms with E-state index in [1.807, 2.05) is 4.90 Å². The highest BCUT2D eigenvalue weighted by atomic mass is 16.5. The number of carbonyl (C=O) groups excluding carboxylic acids is 1. The molecule has 7 nitrogen and oxygen atoms in total. The third-order valence-electron chi connectivity index (χ3n) is 5.72. The molecule has 1 aromatic carbocycles. The molecule has 0 unspecified atom stereocenters. The summed E-state index contributed by atoms with van der Waals surface area (Å²) in [5.74, 6) is 0.0283. The molecule has 1 fully saturated rings. The van der Waals surface area contributed by atoms with Crippen molar-refractivity contribution < 1.29 is 9.53 Å². The topological polar surface area (TPSA) is 72.6 Å². The number of nitrogens with zero attached hydrogens (tertiary/aromatic N) is 5. The normalized spacial score (nSPS) is 15.4. The number of carbonyl (C=O) groups is 1. The second kappa shape index (κ2) is 7.83. The molecule has 148 valence electrons. The maximum atomic E-state index is 12.8. The zero-order chi connectivity index (χ0) is 19.7. The molecule has 1 saturated carbocycles. The Morgan fingerprint density at radius 1 is 1.21 bits per heavy atom. The fraction of sp³-hybridized carbons (Fsp3) is 0.524. The van der Waals surface area contributed by atoms with Crippen molar-refractivity contribution in [2.24, 2.45) is 0 Å². The average molecular weight is 381 g/mol. The van der Waals surface area contributed by atoms with E-state index in [2.05, 4.69) is 47.6 Å². The minimum absolute atomic E-state index is 0.0283. The van der Waals surface area contributed by atoms with E-state index in [9.17, 15) is 4.79 Å². The number of methoxy groups -OCH3 is 1. The summed E-state index contributed by atoms with van der Waals surface area (Å²) in [5, 5.41) is 13.5. The minimum atomic E-state index is 0.0283. The molecular formula is C21H27N5O2. The first kappa shape index (κ1) is 18.8. The monoisotopic (exact) mass is 381 g/mol. The van der Waals surface area contributed by atoms with E-state index in [0.29, 0.717) is 12.2 Å². The summed E-state index contributed by atoms with van der Waals surface area (Å²) >= 11 is 0. The van der Waals surface area contributed by atoms with E-state index in [-0.39, 0.29) is 18.6 Å². The standard InChI is InChI=1S/C21H27N5O2/c1-14-9-15(2)20-16(10-14)11-17(21-22-23-24-26(20)21)12-25(19(27)13-28-3)18-7-5-4-6-8-18/h9-11,18H,4-8,12-13H2,1-3H3. The van der Waals surface area contributed by atoms with Crippen LogP contribution in [0.25, 0.3) is 16.6 Å². The molecule has 0 aliphatic heterocycles. The van der Waals surface area contributed by atoms with Gasteiger partial charge in [0.05, 0.1) is 5.52 Å². The number of aryl methyl sites for hydroxylation is 2. The molecule has 2 aromatic heterocycles. The third-order valence-corrected chi connectivity index (χ3v) is 5.72. The summed E-state index contributed by atoms with van der Waals surface area (Å²) in [5.41, 5.74) is 5.03. The Bertz CT molecular complexity index is 1010. The summed E-state index contributed by atoms with van der Waals surface area (Å²) in [7, 11) is 1.57. The molecule has 0 atom stereocenters. The van der Waals surface area contributed by atoms with E-state index in [1.54, 1.807) is 11.6 Å². The van der Waals surface area contributed by atoms with Gasteiger partial charge in [-0.15, -0.1) is 5.10 Å². The lowest BCUT2D eigenvalue weighted by molar-refractivity contribution is -0.139. The van der Waals surface area contributed by atoms with Gasteiger partial charge in [-0.25, -0.2) is 0 Å². The first-order valence-electron chi connectivity index (χ1n) is 9.98. The van der Waals surface area contributed by atoms with E-state index in [4.69, 9.17) is 4.74 Å². The number of pyridine rings is 1. The number of rotatable bonds is 5. The van der Waals surface area contributed by atoms with Gasteiger partial charge in [0.25, 0.3) is 0 Å². The number of fused-ring (bicyclic) bond motifs is 3. The van der Waals surface area contributed by atoms with Gasteiger partial charge in [-0.1, -0.05) is 30.9 Å². The average Bonchev–Trinajstić information content (AvgIpc) is 3.16. The first-order valence-corrected chi connectivity index (χ1v) is 9.98. The summed E-state index contributed by atoms with van der Waals surface area (Å²) in [6.45, 7) is 4.77. The van der Waals surface area contributed by atoms with Crippen LogP contribution in [-0.2, 0) is 16.1 Å². The number of hydrogen-bond donors (Lipinski definition) is 0. The Balaban J connectivity index is 1.79. The van der Waals surface area contributed by atoms with Crippen LogP contribution >= 0.6 is 0 Å². The van der Waals surface area contributed by atoms with Crippen molar-refractivity contribution in [1.29, 1.82) is 0 Å². The molecule has 0 N–H and O–H groups in total. The summed E-state index contributed by atoms with van der Waals surface area (Å²) < 4.78 is 6.96. The van der Waals surface area contributed by atoms with Gasteiger partial charge in [0.15, 0.2) is 5.65 Å². The van der Waals surface area contributed by atoms with Crippen molar-refractivity contribution >= 4 is 22.5 Å². The predicted molar refractivity (Wildman–Crippen MR) is 107 cm³/mol. The lowest BCUT2D eigenvalue weighted by atomic mass is 9.93. The highest BCUT2D eigenvalue weighted by molar-refractivity contribution is 5.86. The van der Waals surface area contributed by atoms with E-state index in [0.717, 1.165) is 34.9 Å². The lowest BCUT2D eigenvalue weighted by Crippen LogP contribution is -2.42. The number of aromatic nitrogens is 4. The summed E-state index contributed by atoms with van der Waals surface area (Å²) in [6.07, 6.45) is 5.67. The van der Waals surface area contributed by atoms with E-state index < -0.39 is 0 Å². The molecule has 28 heavy (non-hydrogen) atoms. The number of benzene rings is 1. The molecule has 7 heteroatoms. The zero-order valence-electron chi connectivity index (χ0n) is 16.8. The molecule has 0 bridgehead atoms. The Morgan fingerprint density at radius 2 is 2.00 bits per heavy atom. The number of ether oxygens (including phenoxy) is 1. The van der Waals surface area contributed by atoms with Crippen molar-refractivity contribution in [1.82, 2.24) is 24.9 Å². The van der Waals surface area contributed by atoms with E-state index >= 15 is 0 Å². The second-order valence-electron chi connectivity index (χ2n) is 7.85. The van der Waals surface area contributed by atoms with Gasteiger partial charge in [0.1, 0.15) is 6.61 Å². The smallest absolute Gasteiger partial charge is 0.249 e. The van der Waals surface area contributed by atoms with Crippen LogP contribution in [0, 0.1) is 13.8 Å². The lowest BCUT2D eigenvalue weighted by Gasteiger charge is -2.34. The first-order chi connectivity index (χ1) is 13.6. The van der Waals surface area contributed by atoms with Gasteiger partial charge in [-0.2, -0.15) is 4.52 Å². The van der Waals surface area contributed by atoms with Gasteiger partial charge >= 0.3 is 0 Å². The quantitative estimate of drug-likeness (QED) is 0.679. The van der Waals surface area contributed by atoms with Crippen LogP contribution in [0.15, 0.2) is 18.2 Å². The van der Waals surface area contributed by atoms with Crippen LogP contribution in [0.5, 0.6) is 0 Å². The second-order valence-corrected chi connectivity index (χ2v) is 7.85. The zero-order valence-corrected chi connectivity index (χ0v) is 16.8. The van der Waals surface area contributed by atoms with Crippen molar-refractivity contribution in [3.05, 3.63) is 34.9 Å². The molecular weight excluding hydrogens is 354 g/mol. The van der Waals surface area contributed by atoms with Crippen molar-refractivity contribution in [3.63, 3.8) is 0 Å². The van der Waals surface area contributed by atoms with Crippen molar-refractivity contribution in [2.75, 3.05) is 13.7 Å². The molecule has 3 aromatic rings. The largest absolute Gasteiger partial charge is 0.375 e. The Kier molecular flexibility index (Phi) is 5.26. The number of hydrogen-bond acceptors (Lipinski definition) is 5. The predicted octanol–water partition coefficient (Wildman–Crippen LogP) is 3.20. The van der Waals surface area contributed by atoms with Crippen molar-refractivity contribution in [3.8, 4) is 0 Å². The number of tetrazole rings is 1. The Morgan fingerprint density at radius 3 is 2.75 bits per heavy atom. The van der Waals surface area contributed by atoms with Crippen molar-refractivity contribution in [2.45, 2.75) is 58.5 Å². The molecule has 4 rings (SSSR count). The van der Waals surface area contributed by atoms with Crippen LogP contribution in [0.2, 0.25) is 0 Å². The van der Waals surface area contributed by atoms with Gasteiger partial charge < -0.3 is 9.64 Å². The molecule has 1 aliphatic carbocycles. The maximum Gasteiger partial charge on any atom is 0.249 e. The maximum absolute atomic E-state index is 12.8. The third kappa shape index (κ3) is 3.46. The van der Waals surface area contributed by atoms with Gasteiger partial charge in [0, 0.05) is 30.6 Å². The van der Waals surface area contributed by atoms with Gasteiger partial charge in [-0.3, -0.25) is 4.79 Å². The molecule has 0 spiro atoms. The van der Waals surface area contributed by atoms with Crippen LogP contribution < -0.4 is 0 Å². The van der Waals surface area contributed by atoms with Crippen LogP contribution in [-0.4, -0.2) is 50.6 Å². The van der Waals surface area contributed by atoms with Crippen LogP contribution in [0.3, 0.4) is 0 Å². The number of amides is 1. The SMILES string of the molecule is COCC(=O)N(Cc1cc2cc(C)cc(C)c2n2nnnc12)C1CCCCC1. The fourth-order valence-corrected chi connectivity index (χ4v) is 4.50. The molecule has 1 amide bonds. The van der Waals surface area contributed by atoms with Gasteiger partial charge in [0.2, 0.25) is 5.91 Å². The molecule has 0 saturated heterocycles. The molecule has 0 radical (unpaired) electrons. The molecule has 2 heterocycles. The highest BCUT2D eigenvalue weighted by Crippen LogP contribution is 2.28. The summed E-state index contributed by atoms with van der Waals surface area (Å²) in [4.78, 5) is 14.8. The van der Waals surface area contributed by atoms with E-state index in [1.165, 1.54) is 24.8 Å². The fourth-order valence-electron chi connectivity index (χ4n) is 4.50. The van der Waals surface area contributed by atoms with Crippen LogP contribution in [0.1, 0.15) is 48.8 Å². The Labute approximate surface area is 164 Å². The molecule has 1 aliphatic rings. The highest BCUT2D eigenvalue weighted by Gasteiger charge is 2.27.